The van der Waals surface area contributed by atoms with Crippen LogP contribution in [0.5, 0.6) is 0 Å². The van der Waals surface area contributed by atoms with Crippen LogP contribution in [0.15, 0.2) is 53.6 Å². The first kappa shape index (κ1) is 25.2. The minimum Gasteiger partial charge on any atom is -0.353 e. The Morgan fingerprint density at radius 3 is 2.45 bits per heavy atom. The number of aliphatic imine (C=N–C) groups is 1. The zero-order chi connectivity index (χ0) is 20.4. The van der Waals surface area contributed by atoms with Crippen molar-refractivity contribution >= 4 is 41.9 Å². The van der Waals surface area contributed by atoms with E-state index >= 15 is 0 Å². The lowest BCUT2D eigenvalue weighted by molar-refractivity contribution is -0.127. The molecule has 6 nitrogen and oxygen atoms in total. The zero-order valence-corrected chi connectivity index (χ0v) is 20.1. The number of hydrogen-bond acceptors (Lipinski definition) is 3. The maximum Gasteiger partial charge on any atom is 0.243 e. The Balaban J connectivity index is 0.00000420. The molecule has 0 saturated carbocycles. The summed E-state index contributed by atoms with van der Waals surface area (Å²) in [7, 11) is 3.50. The Morgan fingerprint density at radius 1 is 1.21 bits per heavy atom. The molecule has 1 amide bonds. The van der Waals surface area contributed by atoms with E-state index in [1.54, 1.807) is 19.0 Å². The minimum atomic E-state index is -0.000639. The molecule has 1 aromatic carbocycles. The Hall–Kier alpha value is -1.87. The monoisotopic (exact) mass is 511 g/mol. The van der Waals surface area contributed by atoms with E-state index in [1.165, 1.54) is 5.56 Å². The van der Waals surface area contributed by atoms with E-state index in [9.17, 15) is 4.79 Å². The third-order valence-electron chi connectivity index (χ3n) is 4.56. The van der Waals surface area contributed by atoms with E-state index in [0.717, 1.165) is 44.3 Å². The standard InChI is InChI=1S/C22H33N5O.HI/c1-19(2)17-23-22(24-18-21(28)25(3)4)27-15-13-26(14-16-27)12-8-11-20-9-6-5-7-10-20;/h5-11H,1,12-18H2,2-4H3,(H,23,24);1H/b11-8+;. The first-order valence-electron chi connectivity index (χ1n) is 9.77. The molecule has 160 valence electrons. The summed E-state index contributed by atoms with van der Waals surface area (Å²) in [6, 6.07) is 10.4. The van der Waals surface area contributed by atoms with Gasteiger partial charge in [-0.15, -0.1) is 24.0 Å². The first-order chi connectivity index (χ1) is 13.5. The van der Waals surface area contributed by atoms with Crippen molar-refractivity contribution in [2.45, 2.75) is 6.92 Å². The van der Waals surface area contributed by atoms with Crippen LogP contribution < -0.4 is 5.32 Å². The summed E-state index contributed by atoms with van der Waals surface area (Å²) in [6.45, 7) is 11.4. The van der Waals surface area contributed by atoms with Crippen molar-refractivity contribution in [3.8, 4) is 0 Å². The number of hydrogen-bond donors (Lipinski definition) is 1. The number of carbonyl (C=O) groups is 1. The molecule has 2 rings (SSSR count). The summed E-state index contributed by atoms with van der Waals surface area (Å²) >= 11 is 0. The fourth-order valence-corrected chi connectivity index (χ4v) is 2.83. The number of likely N-dealkylation sites (N-methyl/N-ethyl adjacent to an activating group) is 1. The molecule has 0 aromatic heterocycles. The molecule has 1 aromatic rings. The van der Waals surface area contributed by atoms with Crippen LogP contribution in [0.4, 0.5) is 0 Å². The van der Waals surface area contributed by atoms with Gasteiger partial charge in [-0.25, -0.2) is 4.99 Å². The van der Waals surface area contributed by atoms with Crippen molar-refractivity contribution in [1.82, 2.24) is 20.0 Å². The molecular weight excluding hydrogens is 477 g/mol. The summed E-state index contributed by atoms with van der Waals surface area (Å²) < 4.78 is 0. The molecule has 29 heavy (non-hydrogen) atoms. The lowest BCUT2D eigenvalue weighted by Crippen LogP contribution is -2.52. The van der Waals surface area contributed by atoms with Gasteiger partial charge < -0.3 is 15.1 Å². The van der Waals surface area contributed by atoms with Crippen molar-refractivity contribution in [2.24, 2.45) is 4.99 Å². The second kappa shape index (κ2) is 13.4. The van der Waals surface area contributed by atoms with Gasteiger partial charge in [0.05, 0.1) is 0 Å². The number of halogens is 1. The molecule has 1 heterocycles. The van der Waals surface area contributed by atoms with E-state index in [2.05, 4.69) is 63.1 Å². The van der Waals surface area contributed by atoms with E-state index < -0.39 is 0 Å². The fourth-order valence-electron chi connectivity index (χ4n) is 2.83. The maximum absolute atomic E-state index is 11.9. The largest absolute Gasteiger partial charge is 0.353 e. The van der Waals surface area contributed by atoms with Gasteiger partial charge in [0, 0.05) is 53.4 Å². The molecule has 1 N–H and O–H groups in total. The Kier molecular flexibility index (Phi) is 11.6. The number of amides is 1. The molecule has 0 bridgehead atoms. The summed E-state index contributed by atoms with van der Waals surface area (Å²) in [5.74, 6) is 0.789. The van der Waals surface area contributed by atoms with Crippen molar-refractivity contribution < 1.29 is 4.79 Å². The summed E-state index contributed by atoms with van der Waals surface area (Å²) in [6.07, 6.45) is 4.38. The van der Waals surface area contributed by atoms with Gasteiger partial charge >= 0.3 is 0 Å². The van der Waals surface area contributed by atoms with Gasteiger partial charge in [0.15, 0.2) is 5.96 Å². The second-order valence-corrected chi connectivity index (χ2v) is 7.34. The molecule has 7 heteroatoms. The van der Waals surface area contributed by atoms with E-state index in [-0.39, 0.29) is 36.4 Å². The van der Waals surface area contributed by atoms with Crippen LogP contribution in [-0.2, 0) is 4.79 Å². The topological polar surface area (TPSA) is 51.2 Å². The van der Waals surface area contributed by atoms with Crippen LogP contribution in [0.25, 0.3) is 6.08 Å². The predicted molar refractivity (Wildman–Crippen MR) is 133 cm³/mol. The molecule has 1 aliphatic rings. The summed E-state index contributed by atoms with van der Waals surface area (Å²) in [5, 5.41) is 3.34. The van der Waals surface area contributed by atoms with Crippen LogP contribution in [0.2, 0.25) is 0 Å². The van der Waals surface area contributed by atoms with Gasteiger partial charge in [-0.3, -0.25) is 9.69 Å². The van der Waals surface area contributed by atoms with E-state index in [1.807, 2.05) is 13.0 Å². The lowest BCUT2D eigenvalue weighted by Gasteiger charge is -2.36. The normalized spacial score (nSPS) is 15.1. The third-order valence-corrected chi connectivity index (χ3v) is 4.56. The molecule has 0 aliphatic carbocycles. The fraction of sp³-hybridized carbons (Fsp3) is 0.455. The molecule has 0 unspecified atom stereocenters. The van der Waals surface area contributed by atoms with Crippen molar-refractivity contribution in [3.63, 3.8) is 0 Å². The van der Waals surface area contributed by atoms with Crippen LogP contribution >= 0.6 is 24.0 Å². The number of rotatable bonds is 7. The average Bonchev–Trinajstić information content (AvgIpc) is 2.69. The van der Waals surface area contributed by atoms with Gasteiger partial charge in [-0.1, -0.05) is 54.6 Å². The number of nitrogens with one attached hydrogen (secondary N) is 1. The number of nitrogens with zero attached hydrogens (tertiary/aromatic N) is 4. The maximum atomic E-state index is 11.9. The van der Waals surface area contributed by atoms with Crippen LogP contribution in [0.1, 0.15) is 12.5 Å². The minimum absolute atomic E-state index is 0. The molecule has 0 atom stereocenters. The summed E-state index contributed by atoms with van der Waals surface area (Å²) in [5.41, 5.74) is 2.27. The highest BCUT2D eigenvalue weighted by atomic mass is 127. The average molecular weight is 511 g/mol. The molecule has 0 spiro atoms. The third kappa shape index (κ3) is 9.45. The van der Waals surface area contributed by atoms with Gasteiger partial charge in [0.1, 0.15) is 6.54 Å². The highest BCUT2D eigenvalue weighted by Crippen LogP contribution is 2.05. The molecule has 0 radical (unpaired) electrons. The molecule has 1 aliphatic heterocycles. The first-order valence-corrected chi connectivity index (χ1v) is 9.77. The number of carbonyl (C=O) groups excluding carboxylic acids is 1. The number of benzene rings is 1. The van der Waals surface area contributed by atoms with E-state index in [0.29, 0.717) is 6.54 Å². The highest BCUT2D eigenvalue weighted by Gasteiger charge is 2.19. The van der Waals surface area contributed by atoms with Gasteiger partial charge in [0.25, 0.3) is 0 Å². The zero-order valence-electron chi connectivity index (χ0n) is 17.8. The Bertz CT molecular complexity index is 694. The van der Waals surface area contributed by atoms with Crippen molar-refractivity contribution in [1.29, 1.82) is 0 Å². The Morgan fingerprint density at radius 2 is 1.86 bits per heavy atom. The van der Waals surface area contributed by atoms with Crippen molar-refractivity contribution in [2.75, 3.05) is 59.9 Å². The second-order valence-electron chi connectivity index (χ2n) is 7.34. The Labute approximate surface area is 192 Å². The molecule has 1 fully saturated rings. The molecule has 1 saturated heterocycles. The predicted octanol–water partition coefficient (Wildman–Crippen LogP) is 2.55. The number of piperazine rings is 1. The quantitative estimate of drug-likeness (QED) is 0.265. The van der Waals surface area contributed by atoms with Crippen LogP contribution in [0, 0.1) is 0 Å². The van der Waals surface area contributed by atoms with E-state index in [4.69, 9.17) is 0 Å². The van der Waals surface area contributed by atoms with Crippen LogP contribution in [-0.4, -0.2) is 86.5 Å². The smallest absolute Gasteiger partial charge is 0.243 e. The molecular formula is C22H34IN5O. The van der Waals surface area contributed by atoms with Crippen LogP contribution in [0.3, 0.4) is 0 Å². The van der Waals surface area contributed by atoms with Gasteiger partial charge in [-0.05, 0) is 12.5 Å². The SMILES string of the molecule is C=C(C)CNC(=NCC(=O)N(C)C)N1CCN(C/C=C/c2ccccc2)CC1.I. The summed E-state index contributed by atoms with van der Waals surface area (Å²) in [4.78, 5) is 22.6. The van der Waals surface area contributed by atoms with Crippen molar-refractivity contribution in [3.05, 3.63) is 54.1 Å². The van der Waals surface area contributed by atoms with Gasteiger partial charge in [-0.2, -0.15) is 0 Å². The number of guanidine groups is 1. The lowest BCUT2D eigenvalue weighted by atomic mass is 10.2. The highest BCUT2D eigenvalue weighted by molar-refractivity contribution is 14.0. The van der Waals surface area contributed by atoms with Gasteiger partial charge in [0.2, 0.25) is 5.91 Å².